The Morgan fingerprint density at radius 1 is 1.19 bits per heavy atom. The molecule has 0 bridgehead atoms. The molecule has 0 aliphatic rings. The molecule has 3 aromatic rings. The number of nitrogens with one attached hydrogen (secondary N) is 1. The van der Waals surface area contributed by atoms with E-state index in [-0.39, 0.29) is 22.9 Å². The number of hydrogen-bond acceptors (Lipinski definition) is 6. The molecule has 0 atom stereocenters. The van der Waals surface area contributed by atoms with E-state index in [9.17, 15) is 18.5 Å². The van der Waals surface area contributed by atoms with Gasteiger partial charge < -0.3 is 10.1 Å². The largest absolute Gasteiger partial charge is 0.445 e. The Kier molecular flexibility index (Phi) is 6.37. The third-order valence-electron chi connectivity index (χ3n) is 4.78. The van der Waals surface area contributed by atoms with Crippen LogP contribution < -0.4 is 5.32 Å². The van der Waals surface area contributed by atoms with Crippen LogP contribution in [0.1, 0.15) is 37.7 Å². The summed E-state index contributed by atoms with van der Waals surface area (Å²) in [5.74, 6) is 0. The third kappa shape index (κ3) is 4.36. The van der Waals surface area contributed by atoms with Crippen molar-refractivity contribution < 1.29 is 17.9 Å². The second-order valence-electron chi connectivity index (χ2n) is 8.07. The summed E-state index contributed by atoms with van der Waals surface area (Å²) in [6, 6.07) is 15.0. The first-order valence-corrected chi connectivity index (χ1v) is 11.3. The second-order valence-corrected chi connectivity index (χ2v) is 9.86. The number of amides is 1. The minimum absolute atomic E-state index is 0.0914. The van der Waals surface area contributed by atoms with E-state index in [1.165, 1.54) is 29.3 Å². The Morgan fingerprint density at radius 2 is 1.88 bits per heavy atom. The fraction of sp³-hybridized carbons (Fsp3) is 0.261. The van der Waals surface area contributed by atoms with Gasteiger partial charge in [0.2, 0.25) is 0 Å². The highest BCUT2D eigenvalue weighted by atomic mass is 32.2. The molecule has 0 spiro atoms. The van der Waals surface area contributed by atoms with Crippen molar-refractivity contribution in [3.63, 3.8) is 0 Å². The molecule has 1 aromatic carbocycles. The summed E-state index contributed by atoms with van der Waals surface area (Å²) >= 11 is 0. The van der Waals surface area contributed by atoms with Crippen LogP contribution in [0.3, 0.4) is 0 Å². The first-order chi connectivity index (χ1) is 15.1. The summed E-state index contributed by atoms with van der Waals surface area (Å²) in [6.45, 7) is 5.49. The van der Waals surface area contributed by atoms with Crippen LogP contribution in [-0.4, -0.2) is 30.5 Å². The van der Waals surface area contributed by atoms with E-state index in [2.05, 4.69) is 10.3 Å². The predicted molar refractivity (Wildman–Crippen MR) is 119 cm³/mol. The van der Waals surface area contributed by atoms with Gasteiger partial charge in [0.1, 0.15) is 18.4 Å². The van der Waals surface area contributed by atoms with Gasteiger partial charge in [-0.2, -0.15) is 5.26 Å². The molecule has 2 aromatic heterocycles. The lowest BCUT2D eigenvalue weighted by atomic mass is 9.90. The van der Waals surface area contributed by atoms with E-state index in [0.29, 0.717) is 16.8 Å². The lowest BCUT2D eigenvalue weighted by Crippen LogP contribution is -2.26. The van der Waals surface area contributed by atoms with Gasteiger partial charge in [-0.1, -0.05) is 39.0 Å². The number of benzene rings is 1. The SMILES string of the molecule is CNC(=O)OCc1cc(-c2cccnc2C#N)n(S(=O)(=O)c2ccccc2)c1C(C)(C)C. The number of pyridine rings is 1. The molecule has 0 saturated carbocycles. The summed E-state index contributed by atoms with van der Waals surface area (Å²) in [6.07, 6.45) is 0.838. The quantitative estimate of drug-likeness (QED) is 0.630. The highest BCUT2D eigenvalue weighted by Gasteiger charge is 2.33. The fourth-order valence-corrected chi connectivity index (χ4v) is 5.24. The zero-order chi connectivity index (χ0) is 23.5. The molecule has 1 N–H and O–H groups in total. The van der Waals surface area contributed by atoms with E-state index in [4.69, 9.17) is 4.74 Å². The van der Waals surface area contributed by atoms with E-state index >= 15 is 0 Å². The maximum Gasteiger partial charge on any atom is 0.407 e. The molecule has 9 heteroatoms. The van der Waals surface area contributed by atoms with E-state index in [1.54, 1.807) is 36.4 Å². The summed E-state index contributed by atoms with van der Waals surface area (Å²) in [5.41, 5.74) is 1.06. The van der Waals surface area contributed by atoms with Gasteiger partial charge in [-0.05, 0) is 30.3 Å². The van der Waals surface area contributed by atoms with Gasteiger partial charge >= 0.3 is 6.09 Å². The molecule has 32 heavy (non-hydrogen) atoms. The molecule has 1 amide bonds. The lowest BCUT2D eigenvalue weighted by Gasteiger charge is -2.25. The van der Waals surface area contributed by atoms with Gasteiger partial charge in [-0.15, -0.1) is 0 Å². The van der Waals surface area contributed by atoms with E-state index in [1.807, 2.05) is 26.8 Å². The zero-order valence-electron chi connectivity index (χ0n) is 18.3. The Morgan fingerprint density at radius 3 is 2.47 bits per heavy atom. The molecular weight excluding hydrogens is 428 g/mol. The molecule has 0 radical (unpaired) electrons. The maximum absolute atomic E-state index is 13.8. The number of hydrogen-bond donors (Lipinski definition) is 1. The van der Waals surface area contributed by atoms with Crippen molar-refractivity contribution in [2.24, 2.45) is 0 Å². The Bertz CT molecular complexity index is 1280. The topological polar surface area (TPSA) is 114 Å². The summed E-state index contributed by atoms with van der Waals surface area (Å²) in [7, 11) is -2.61. The van der Waals surface area contributed by atoms with Crippen molar-refractivity contribution in [3.8, 4) is 17.3 Å². The minimum atomic E-state index is -4.06. The normalized spacial score (nSPS) is 11.6. The molecule has 166 valence electrons. The number of aromatic nitrogens is 2. The van der Waals surface area contributed by atoms with Crippen LogP contribution in [-0.2, 0) is 26.8 Å². The summed E-state index contributed by atoms with van der Waals surface area (Å²) < 4.78 is 34.2. The Labute approximate surface area is 187 Å². The van der Waals surface area contributed by atoms with Gasteiger partial charge in [0, 0.05) is 35.5 Å². The lowest BCUT2D eigenvalue weighted by molar-refractivity contribution is 0.141. The van der Waals surface area contributed by atoms with Crippen LogP contribution in [0.15, 0.2) is 59.6 Å². The van der Waals surface area contributed by atoms with Crippen molar-refractivity contribution in [3.05, 3.63) is 71.7 Å². The van der Waals surface area contributed by atoms with Gasteiger partial charge in [-0.25, -0.2) is 22.2 Å². The van der Waals surface area contributed by atoms with Crippen molar-refractivity contribution in [2.45, 2.75) is 37.7 Å². The van der Waals surface area contributed by atoms with Crippen LogP contribution in [0.5, 0.6) is 0 Å². The molecule has 2 heterocycles. The highest BCUT2D eigenvalue weighted by Crippen LogP contribution is 2.38. The summed E-state index contributed by atoms with van der Waals surface area (Å²) in [5, 5.41) is 12.0. The van der Waals surface area contributed by atoms with Crippen molar-refractivity contribution in [1.82, 2.24) is 14.3 Å². The van der Waals surface area contributed by atoms with Crippen molar-refractivity contribution in [2.75, 3.05) is 7.05 Å². The molecular formula is C23H24N4O4S. The average molecular weight is 453 g/mol. The molecule has 0 unspecified atom stereocenters. The first kappa shape index (κ1) is 23.0. The maximum atomic E-state index is 13.8. The highest BCUT2D eigenvalue weighted by molar-refractivity contribution is 7.90. The van der Waals surface area contributed by atoms with Crippen molar-refractivity contribution >= 4 is 16.1 Å². The van der Waals surface area contributed by atoms with E-state index < -0.39 is 21.5 Å². The van der Waals surface area contributed by atoms with Crippen LogP contribution in [0, 0.1) is 11.3 Å². The summed E-state index contributed by atoms with van der Waals surface area (Å²) in [4.78, 5) is 15.9. The van der Waals surface area contributed by atoms with Gasteiger partial charge in [-0.3, -0.25) is 0 Å². The number of carbonyl (C=O) groups excluding carboxylic acids is 1. The fourth-order valence-electron chi connectivity index (χ4n) is 3.49. The standard InChI is InChI=1S/C23H24N4O4S/c1-23(2,3)21-16(15-31-22(28)25-4)13-20(18-11-8-12-26-19(18)14-24)27(21)32(29,30)17-9-6-5-7-10-17/h5-13H,15H2,1-4H3,(H,25,28). The smallest absolute Gasteiger partial charge is 0.407 e. The van der Waals surface area contributed by atoms with Gasteiger partial charge in [0.25, 0.3) is 10.0 Å². The minimum Gasteiger partial charge on any atom is -0.445 e. The number of alkyl carbamates (subject to hydrolysis) is 1. The third-order valence-corrected chi connectivity index (χ3v) is 6.51. The van der Waals surface area contributed by atoms with Crippen LogP contribution in [0.25, 0.3) is 11.3 Å². The van der Waals surface area contributed by atoms with Crippen LogP contribution >= 0.6 is 0 Å². The van der Waals surface area contributed by atoms with Crippen molar-refractivity contribution in [1.29, 1.82) is 5.26 Å². The molecule has 0 aliphatic heterocycles. The van der Waals surface area contributed by atoms with Gasteiger partial charge in [0.15, 0.2) is 0 Å². The monoisotopic (exact) mass is 452 g/mol. The zero-order valence-corrected chi connectivity index (χ0v) is 19.1. The number of rotatable bonds is 5. The molecule has 0 fully saturated rings. The van der Waals surface area contributed by atoms with Gasteiger partial charge in [0.05, 0.1) is 10.6 Å². The Hall–Kier alpha value is -3.64. The molecule has 8 nitrogen and oxygen atoms in total. The number of nitrogens with zero attached hydrogens (tertiary/aromatic N) is 3. The number of carbonyl (C=O) groups is 1. The molecule has 0 aliphatic carbocycles. The predicted octanol–water partition coefficient (Wildman–Crippen LogP) is 3.81. The molecule has 3 rings (SSSR count). The Balaban J connectivity index is 2.40. The van der Waals surface area contributed by atoms with Crippen LogP contribution in [0.2, 0.25) is 0 Å². The van der Waals surface area contributed by atoms with E-state index in [0.717, 1.165) is 0 Å². The van der Waals surface area contributed by atoms with Crippen LogP contribution in [0.4, 0.5) is 4.79 Å². The number of ether oxygens (including phenoxy) is 1. The average Bonchev–Trinajstić information content (AvgIpc) is 3.19. The molecule has 0 saturated heterocycles. The second kappa shape index (κ2) is 8.85. The number of nitriles is 1. The first-order valence-electron chi connectivity index (χ1n) is 9.87.